The average molecular weight is 179 g/mol. The van der Waals surface area contributed by atoms with E-state index in [1.165, 1.54) is 0 Å². The van der Waals surface area contributed by atoms with Crippen molar-refractivity contribution in [2.45, 2.75) is 18.6 Å². The standard InChI is InChI=1S/C7H17NO2S/c1-7(11(2)10)6-8-4-3-5-9/h7-9H,3-6H2,1-2H3. The van der Waals surface area contributed by atoms with E-state index in [-0.39, 0.29) is 11.9 Å². The number of rotatable bonds is 6. The van der Waals surface area contributed by atoms with Crippen LogP contribution in [0.2, 0.25) is 0 Å². The third-order valence-electron chi connectivity index (χ3n) is 1.51. The van der Waals surface area contributed by atoms with Gasteiger partial charge in [-0.15, -0.1) is 0 Å². The summed E-state index contributed by atoms with van der Waals surface area (Å²) in [4.78, 5) is 0. The summed E-state index contributed by atoms with van der Waals surface area (Å²) in [7, 11) is -0.741. The summed E-state index contributed by atoms with van der Waals surface area (Å²) in [5.41, 5.74) is 0. The molecule has 0 bridgehead atoms. The Bertz CT molecular complexity index is 119. The van der Waals surface area contributed by atoms with Gasteiger partial charge in [0, 0.05) is 35.5 Å². The molecule has 0 rings (SSSR count). The van der Waals surface area contributed by atoms with E-state index in [2.05, 4.69) is 5.32 Å². The van der Waals surface area contributed by atoms with E-state index < -0.39 is 10.8 Å². The Morgan fingerprint density at radius 3 is 2.73 bits per heavy atom. The molecule has 0 saturated carbocycles. The van der Waals surface area contributed by atoms with Crippen LogP contribution in [0.5, 0.6) is 0 Å². The van der Waals surface area contributed by atoms with Crippen molar-refractivity contribution in [3.8, 4) is 0 Å². The lowest BCUT2D eigenvalue weighted by molar-refractivity contribution is 0.286. The van der Waals surface area contributed by atoms with Crippen LogP contribution < -0.4 is 5.32 Å². The first-order valence-corrected chi connectivity index (χ1v) is 5.44. The molecule has 2 N–H and O–H groups in total. The van der Waals surface area contributed by atoms with E-state index in [1.807, 2.05) is 6.92 Å². The van der Waals surface area contributed by atoms with Crippen LogP contribution in [0, 0.1) is 0 Å². The SMILES string of the molecule is CC(CNCCCO)S(C)=O. The lowest BCUT2D eigenvalue weighted by Crippen LogP contribution is -2.28. The minimum Gasteiger partial charge on any atom is -0.396 e. The zero-order chi connectivity index (χ0) is 8.69. The molecule has 0 aromatic heterocycles. The summed E-state index contributed by atoms with van der Waals surface area (Å²) in [6, 6.07) is 0. The minimum absolute atomic E-state index is 0.202. The maximum absolute atomic E-state index is 10.8. The fourth-order valence-corrected chi connectivity index (χ4v) is 0.979. The van der Waals surface area contributed by atoms with Crippen LogP contribution in [0.15, 0.2) is 0 Å². The van der Waals surface area contributed by atoms with Crippen LogP contribution in [0.1, 0.15) is 13.3 Å². The maximum atomic E-state index is 10.8. The van der Waals surface area contributed by atoms with Crippen LogP contribution in [-0.4, -0.2) is 40.5 Å². The van der Waals surface area contributed by atoms with E-state index >= 15 is 0 Å². The molecule has 0 saturated heterocycles. The van der Waals surface area contributed by atoms with E-state index in [0.717, 1.165) is 19.5 Å². The first-order valence-electron chi connectivity index (χ1n) is 3.82. The summed E-state index contributed by atoms with van der Waals surface area (Å²) >= 11 is 0. The average Bonchev–Trinajstić information content (AvgIpc) is 1.97. The molecule has 0 heterocycles. The third kappa shape index (κ3) is 6.47. The Hall–Kier alpha value is 0.0700. The number of hydrogen-bond acceptors (Lipinski definition) is 3. The summed E-state index contributed by atoms with van der Waals surface area (Å²) in [6.07, 6.45) is 2.47. The van der Waals surface area contributed by atoms with E-state index in [1.54, 1.807) is 6.26 Å². The predicted molar refractivity (Wildman–Crippen MR) is 48.1 cm³/mol. The number of hydrogen-bond donors (Lipinski definition) is 2. The predicted octanol–water partition coefficient (Wildman–Crippen LogP) is -0.275. The van der Waals surface area contributed by atoms with Gasteiger partial charge in [0.15, 0.2) is 0 Å². The van der Waals surface area contributed by atoms with Gasteiger partial charge in [0.05, 0.1) is 0 Å². The second kappa shape index (κ2) is 6.76. The van der Waals surface area contributed by atoms with Crippen molar-refractivity contribution in [3.63, 3.8) is 0 Å². The van der Waals surface area contributed by atoms with Crippen LogP contribution in [0.25, 0.3) is 0 Å². The topological polar surface area (TPSA) is 49.3 Å². The fourth-order valence-electron chi connectivity index (χ4n) is 0.627. The van der Waals surface area contributed by atoms with Crippen molar-refractivity contribution >= 4 is 10.8 Å². The van der Waals surface area contributed by atoms with Gasteiger partial charge in [0.1, 0.15) is 0 Å². The van der Waals surface area contributed by atoms with Gasteiger partial charge in [-0.05, 0) is 19.9 Å². The van der Waals surface area contributed by atoms with Crippen LogP contribution in [0.3, 0.4) is 0 Å². The van der Waals surface area contributed by atoms with Gasteiger partial charge in [-0.2, -0.15) is 0 Å². The van der Waals surface area contributed by atoms with Crippen LogP contribution in [-0.2, 0) is 10.8 Å². The number of nitrogens with one attached hydrogen (secondary N) is 1. The van der Waals surface area contributed by atoms with Crippen molar-refractivity contribution in [3.05, 3.63) is 0 Å². The van der Waals surface area contributed by atoms with Crippen molar-refractivity contribution in [2.24, 2.45) is 0 Å². The molecule has 0 radical (unpaired) electrons. The summed E-state index contributed by atoms with van der Waals surface area (Å²) in [6.45, 7) is 3.74. The fraction of sp³-hybridized carbons (Fsp3) is 1.00. The largest absolute Gasteiger partial charge is 0.396 e. The van der Waals surface area contributed by atoms with Crippen molar-refractivity contribution in [1.82, 2.24) is 5.32 Å². The summed E-state index contributed by atoms with van der Waals surface area (Å²) < 4.78 is 10.8. The van der Waals surface area contributed by atoms with Gasteiger partial charge < -0.3 is 10.4 Å². The van der Waals surface area contributed by atoms with Crippen molar-refractivity contribution in [2.75, 3.05) is 26.0 Å². The zero-order valence-electron chi connectivity index (χ0n) is 7.17. The summed E-state index contributed by atoms with van der Waals surface area (Å²) in [5.74, 6) is 0. The van der Waals surface area contributed by atoms with Crippen molar-refractivity contribution in [1.29, 1.82) is 0 Å². The molecule has 0 amide bonds. The quantitative estimate of drug-likeness (QED) is 0.552. The molecule has 0 aliphatic heterocycles. The number of aliphatic hydroxyl groups excluding tert-OH is 1. The second-order valence-corrected chi connectivity index (χ2v) is 4.39. The normalized spacial score (nSPS) is 16.3. The van der Waals surface area contributed by atoms with Gasteiger partial charge in [0.25, 0.3) is 0 Å². The van der Waals surface area contributed by atoms with Crippen molar-refractivity contribution < 1.29 is 9.32 Å². The molecule has 0 aliphatic rings. The molecule has 0 spiro atoms. The molecular weight excluding hydrogens is 162 g/mol. The highest BCUT2D eigenvalue weighted by atomic mass is 32.2. The second-order valence-electron chi connectivity index (χ2n) is 2.59. The van der Waals surface area contributed by atoms with E-state index in [9.17, 15) is 4.21 Å². The highest BCUT2D eigenvalue weighted by Gasteiger charge is 2.03. The third-order valence-corrected chi connectivity index (χ3v) is 2.81. The van der Waals surface area contributed by atoms with Gasteiger partial charge >= 0.3 is 0 Å². The van der Waals surface area contributed by atoms with E-state index in [0.29, 0.717) is 0 Å². The maximum Gasteiger partial charge on any atom is 0.0443 e. The van der Waals surface area contributed by atoms with Gasteiger partial charge in [0.2, 0.25) is 0 Å². The Labute approximate surface area is 70.6 Å². The lowest BCUT2D eigenvalue weighted by atomic mass is 10.4. The first kappa shape index (κ1) is 11.1. The minimum atomic E-state index is -0.741. The lowest BCUT2D eigenvalue weighted by Gasteiger charge is -2.08. The van der Waals surface area contributed by atoms with Gasteiger partial charge in [-0.1, -0.05) is 0 Å². The molecule has 68 valence electrons. The molecule has 11 heavy (non-hydrogen) atoms. The Morgan fingerprint density at radius 1 is 1.64 bits per heavy atom. The molecule has 0 aromatic carbocycles. The highest BCUT2D eigenvalue weighted by Crippen LogP contribution is 1.89. The summed E-state index contributed by atoms with van der Waals surface area (Å²) in [5, 5.41) is 11.8. The highest BCUT2D eigenvalue weighted by molar-refractivity contribution is 7.84. The first-order chi connectivity index (χ1) is 5.18. The molecule has 0 aromatic rings. The smallest absolute Gasteiger partial charge is 0.0443 e. The van der Waals surface area contributed by atoms with E-state index in [4.69, 9.17) is 5.11 Å². The molecule has 0 fully saturated rings. The molecule has 4 heteroatoms. The molecule has 3 nitrogen and oxygen atoms in total. The van der Waals surface area contributed by atoms with Gasteiger partial charge in [-0.3, -0.25) is 4.21 Å². The zero-order valence-corrected chi connectivity index (χ0v) is 7.99. The Balaban J connectivity index is 3.17. The van der Waals surface area contributed by atoms with Crippen LogP contribution in [0.4, 0.5) is 0 Å². The molecule has 2 atom stereocenters. The molecular formula is C7H17NO2S. The number of aliphatic hydroxyl groups is 1. The molecule has 2 unspecified atom stereocenters. The Kier molecular flexibility index (Phi) is 6.80. The molecule has 0 aliphatic carbocycles. The van der Waals surface area contributed by atoms with Gasteiger partial charge in [-0.25, -0.2) is 0 Å². The Morgan fingerprint density at radius 2 is 2.27 bits per heavy atom. The monoisotopic (exact) mass is 179 g/mol. The van der Waals surface area contributed by atoms with Crippen LogP contribution >= 0.6 is 0 Å².